The fourth-order valence-electron chi connectivity index (χ4n) is 4.75. The Morgan fingerprint density at radius 2 is 1.84 bits per heavy atom. The number of hydrogen-bond acceptors (Lipinski definition) is 9. The summed E-state index contributed by atoms with van der Waals surface area (Å²) < 4.78 is 2.06. The van der Waals surface area contributed by atoms with Gasteiger partial charge in [-0.05, 0) is 49.4 Å². The largest absolute Gasteiger partial charge is 0.493 e. The Hall–Kier alpha value is -4.22. The number of H-pyrrole nitrogens is 1. The topological polar surface area (TPSA) is 141 Å². The molecular weight excluding hydrogens is 502 g/mol. The predicted octanol–water partition coefficient (Wildman–Crippen LogP) is 4.32. The molecule has 1 fully saturated rings. The number of rotatable bonds is 7. The van der Waals surface area contributed by atoms with Gasteiger partial charge in [0.25, 0.3) is 0 Å². The summed E-state index contributed by atoms with van der Waals surface area (Å²) in [5, 5.41) is 27.3. The van der Waals surface area contributed by atoms with E-state index in [1.54, 1.807) is 6.07 Å². The van der Waals surface area contributed by atoms with E-state index in [1.165, 1.54) is 22.1 Å². The summed E-state index contributed by atoms with van der Waals surface area (Å²) in [5.41, 5.74) is 2.93. The third-order valence-corrected chi connectivity index (χ3v) is 7.59. The monoisotopic (exact) mass is 529 g/mol. The minimum absolute atomic E-state index is 0.156. The highest BCUT2D eigenvalue weighted by Gasteiger charge is 2.20. The summed E-state index contributed by atoms with van der Waals surface area (Å²) >= 11 is 1.43. The molecule has 2 aromatic carbocycles. The number of thiazole rings is 1. The summed E-state index contributed by atoms with van der Waals surface area (Å²) in [6.45, 7) is 0. The molecule has 5 aromatic rings. The Morgan fingerprint density at radius 1 is 1.03 bits per heavy atom. The van der Waals surface area contributed by atoms with Gasteiger partial charge in [0.1, 0.15) is 5.82 Å². The number of hydrogen-bond donors (Lipinski definition) is 5. The summed E-state index contributed by atoms with van der Waals surface area (Å²) in [5.74, 6) is 1.02. The minimum Gasteiger partial charge on any atom is -0.493 e. The van der Waals surface area contributed by atoms with Crippen LogP contribution in [-0.4, -0.2) is 46.9 Å². The van der Waals surface area contributed by atoms with Gasteiger partial charge in [0.15, 0.2) is 5.13 Å². The lowest BCUT2D eigenvalue weighted by Crippen LogP contribution is -2.29. The Kier molecular flexibility index (Phi) is 6.52. The molecule has 0 aliphatic heterocycles. The van der Waals surface area contributed by atoms with Crippen molar-refractivity contribution in [2.24, 2.45) is 0 Å². The molecule has 194 valence electrons. The fourth-order valence-corrected chi connectivity index (χ4v) is 5.65. The molecule has 3 heterocycles. The highest BCUT2D eigenvalue weighted by atomic mass is 32.1. The Balaban J connectivity index is 1.29. The third kappa shape index (κ3) is 5.24. The van der Waals surface area contributed by atoms with Gasteiger partial charge in [-0.15, -0.1) is 0 Å². The first-order valence-electron chi connectivity index (χ1n) is 12.5. The number of aliphatic hydroxyl groups excluding tert-OH is 1. The van der Waals surface area contributed by atoms with E-state index in [0.717, 1.165) is 47.2 Å². The Morgan fingerprint density at radius 3 is 2.61 bits per heavy atom. The van der Waals surface area contributed by atoms with Crippen molar-refractivity contribution in [3.63, 3.8) is 0 Å². The summed E-state index contributed by atoms with van der Waals surface area (Å²) in [7, 11) is 0. The van der Waals surface area contributed by atoms with Crippen LogP contribution in [0.1, 0.15) is 36.9 Å². The van der Waals surface area contributed by atoms with E-state index in [-0.39, 0.29) is 18.0 Å². The molecule has 1 aliphatic carbocycles. The molecule has 38 heavy (non-hydrogen) atoms. The lowest BCUT2D eigenvalue weighted by atomic mass is 9.93. The molecule has 6 rings (SSSR count). The molecule has 1 aliphatic rings. The van der Waals surface area contributed by atoms with Gasteiger partial charge in [-0.25, -0.2) is 19.3 Å². The van der Waals surface area contributed by atoms with Gasteiger partial charge >= 0.3 is 5.69 Å². The first-order chi connectivity index (χ1) is 18.5. The van der Waals surface area contributed by atoms with Crippen LogP contribution in [-0.2, 0) is 6.42 Å². The predicted molar refractivity (Wildman–Crippen MR) is 148 cm³/mol. The van der Waals surface area contributed by atoms with Crippen molar-refractivity contribution in [2.45, 2.75) is 44.2 Å². The summed E-state index contributed by atoms with van der Waals surface area (Å²) in [6, 6.07) is 17.7. The molecular formula is C27H27N7O3S. The molecule has 0 saturated heterocycles. The van der Waals surface area contributed by atoms with E-state index in [1.807, 2.05) is 36.4 Å². The lowest BCUT2D eigenvalue weighted by Gasteiger charge is -2.26. The SMILES string of the molecule is O=c1[nH]cc(O)n1-c1ccc2nc(Nc3cc(Cc4ccccc4)nc(NC4CCC(O)CC4)n3)sc2c1. The zero-order valence-corrected chi connectivity index (χ0v) is 21.3. The molecule has 5 N–H and O–H groups in total. The molecule has 0 spiro atoms. The number of fused-ring (bicyclic) bond motifs is 1. The van der Waals surface area contributed by atoms with Gasteiger partial charge < -0.3 is 25.8 Å². The highest BCUT2D eigenvalue weighted by molar-refractivity contribution is 7.22. The number of aliphatic hydroxyl groups is 1. The number of anilines is 3. The second kappa shape index (κ2) is 10.3. The van der Waals surface area contributed by atoms with Gasteiger partial charge in [-0.1, -0.05) is 41.7 Å². The summed E-state index contributed by atoms with van der Waals surface area (Å²) in [6.07, 6.45) is 4.98. The standard InChI is InChI=1S/C27H27N7O3S/c35-20-9-6-17(7-10-20)29-25-30-18(12-16-4-2-1-3-5-16)13-23(32-25)33-26-31-21-11-8-19(14-22(21)38-26)34-24(36)15-28-27(34)37/h1-5,8,11,13-15,17,20,35-36H,6-7,9-10,12H2,(H,28,37)(H2,29,30,31,32,33). The smallest absolute Gasteiger partial charge is 0.333 e. The first-order valence-corrected chi connectivity index (χ1v) is 13.4. The fraction of sp³-hybridized carbons (Fsp3) is 0.259. The number of imidazole rings is 1. The van der Waals surface area contributed by atoms with Crippen LogP contribution in [0.4, 0.5) is 16.9 Å². The maximum Gasteiger partial charge on any atom is 0.333 e. The maximum absolute atomic E-state index is 12.1. The van der Waals surface area contributed by atoms with Crippen LogP contribution < -0.4 is 16.3 Å². The quantitative estimate of drug-likeness (QED) is 0.210. The third-order valence-electron chi connectivity index (χ3n) is 6.66. The van der Waals surface area contributed by atoms with Gasteiger partial charge in [0.05, 0.1) is 33.9 Å². The zero-order chi connectivity index (χ0) is 26.1. The molecule has 0 radical (unpaired) electrons. The molecule has 0 atom stereocenters. The zero-order valence-electron chi connectivity index (χ0n) is 20.5. The normalized spacial score (nSPS) is 17.5. The van der Waals surface area contributed by atoms with E-state index < -0.39 is 5.69 Å². The second-order valence-electron chi connectivity index (χ2n) is 9.46. The Bertz CT molecular complexity index is 1620. The average molecular weight is 530 g/mol. The highest BCUT2D eigenvalue weighted by Crippen LogP contribution is 2.31. The van der Waals surface area contributed by atoms with Crippen molar-refractivity contribution < 1.29 is 10.2 Å². The minimum atomic E-state index is -0.413. The van der Waals surface area contributed by atoms with Gasteiger partial charge in [0.2, 0.25) is 11.8 Å². The van der Waals surface area contributed by atoms with Crippen LogP contribution in [0.15, 0.2) is 65.6 Å². The van der Waals surface area contributed by atoms with Crippen molar-refractivity contribution in [1.82, 2.24) is 24.5 Å². The number of nitrogens with zero attached hydrogens (tertiary/aromatic N) is 4. The van der Waals surface area contributed by atoms with Crippen LogP contribution >= 0.6 is 11.3 Å². The van der Waals surface area contributed by atoms with E-state index in [0.29, 0.717) is 29.0 Å². The summed E-state index contributed by atoms with van der Waals surface area (Å²) in [4.78, 5) is 28.7. The number of aromatic hydroxyl groups is 1. The van der Waals surface area contributed by atoms with Crippen LogP contribution in [0.2, 0.25) is 0 Å². The van der Waals surface area contributed by atoms with Crippen LogP contribution in [0.3, 0.4) is 0 Å². The molecule has 0 unspecified atom stereocenters. The van der Waals surface area contributed by atoms with Crippen LogP contribution in [0.5, 0.6) is 5.88 Å². The van der Waals surface area contributed by atoms with Crippen molar-refractivity contribution >= 4 is 38.5 Å². The number of nitrogens with one attached hydrogen (secondary N) is 3. The van der Waals surface area contributed by atoms with Crippen molar-refractivity contribution in [3.05, 3.63) is 82.5 Å². The van der Waals surface area contributed by atoms with Gasteiger partial charge in [0, 0.05) is 18.5 Å². The van der Waals surface area contributed by atoms with E-state index in [2.05, 4.69) is 32.7 Å². The number of aromatic nitrogens is 5. The van der Waals surface area contributed by atoms with Crippen molar-refractivity contribution in [3.8, 4) is 11.6 Å². The van der Waals surface area contributed by atoms with Crippen LogP contribution in [0, 0.1) is 0 Å². The van der Waals surface area contributed by atoms with Gasteiger partial charge in [-0.2, -0.15) is 4.98 Å². The van der Waals surface area contributed by atoms with E-state index in [4.69, 9.17) is 9.97 Å². The molecule has 11 heteroatoms. The lowest BCUT2D eigenvalue weighted by molar-refractivity contribution is 0.126. The van der Waals surface area contributed by atoms with Crippen molar-refractivity contribution in [1.29, 1.82) is 0 Å². The van der Waals surface area contributed by atoms with E-state index in [9.17, 15) is 15.0 Å². The van der Waals surface area contributed by atoms with Crippen molar-refractivity contribution in [2.75, 3.05) is 10.6 Å². The average Bonchev–Trinajstić information content (AvgIpc) is 3.46. The molecule has 0 amide bonds. The van der Waals surface area contributed by atoms with Crippen LogP contribution in [0.25, 0.3) is 15.9 Å². The molecule has 10 nitrogen and oxygen atoms in total. The van der Waals surface area contributed by atoms with Gasteiger partial charge in [-0.3, -0.25) is 0 Å². The van der Waals surface area contributed by atoms with E-state index >= 15 is 0 Å². The number of aromatic amines is 1. The first kappa shape index (κ1) is 24.1. The Labute approximate surface area is 222 Å². The number of benzene rings is 2. The second-order valence-corrected chi connectivity index (χ2v) is 10.5. The maximum atomic E-state index is 12.1. The molecule has 3 aromatic heterocycles. The molecule has 0 bridgehead atoms. The molecule has 1 saturated carbocycles.